The average Bonchev–Trinajstić information content (AvgIpc) is 2.41. The lowest BCUT2D eigenvalue weighted by Crippen LogP contribution is -1.71. The summed E-state index contributed by atoms with van der Waals surface area (Å²) in [5.41, 5.74) is 2.65. The van der Waals surface area contributed by atoms with Gasteiger partial charge in [-0.15, -0.1) is 11.3 Å². The van der Waals surface area contributed by atoms with Crippen molar-refractivity contribution in [1.82, 2.24) is 4.98 Å². The molecule has 1 aromatic heterocycles. The molecule has 0 aliphatic carbocycles. The summed E-state index contributed by atoms with van der Waals surface area (Å²) >= 11 is 5.60. The molecule has 0 spiro atoms. The van der Waals surface area contributed by atoms with Gasteiger partial charge in [0, 0.05) is 17.6 Å². The molecule has 1 heterocycles. The fourth-order valence-corrected chi connectivity index (χ4v) is 1.08. The molecular formula is C7H7NS2. The van der Waals surface area contributed by atoms with E-state index in [1.54, 1.807) is 16.8 Å². The van der Waals surface area contributed by atoms with Crippen molar-refractivity contribution in [1.29, 1.82) is 0 Å². The van der Waals surface area contributed by atoms with Crippen molar-refractivity contribution >= 4 is 24.0 Å². The Morgan fingerprint density at radius 2 is 2.60 bits per heavy atom. The first-order valence-corrected chi connectivity index (χ1v) is 4.49. The fourth-order valence-electron chi connectivity index (χ4n) is 0.483. The fraction of sp³-hybridized carbons (Fsp3) is 0.286. The second-order valence-electron chi connectivity index (χ2n) is 1.65. The van der Waals surface area contributed by atoms with Crippen LogP contribution in [0.4, 0.5) is 0 Å². The van der Waals surface area contributed by atoms with Gasteiger partial charge >= 0.3 is 0 Å². The van der Waals surface area contributed by atoms with Crippen LogP contribution in [0.3, 0.4) is 0 Å². The van der Waals surface area contributed by atoms with E-state index in [4.69, 9.17) is 0 Å². The Labute approximate surface area is 69.9 Å². The molecule has 0 unspecified atom stereocenters. The number of nitrogens with zero attached hydrogens (tertiary/aromatic N) is 1. The van der Waals surface area contributed by atoms with Crippen LogP contribution in [0.5, 0.6) is 0 Å². The van der Waals surface area contributed by atoms with Crippen molar-refractivity contribution in [3.05, 3.63) is 16.6 Å². The van der Waals surface area contributed by atoms with E-state index in [9.17, 15) is 0 Å². The maximum atomic E-state index is 4.03. The van der Waals surface area contributed by atoms with Crippen LogP contribution in [-0.2, 0) is 0 Å². The topological polar surface area (TPSA) is 12.9 Å². The van der Waals surface area contributed by atoms with Crippen LogP contribution in [0.1, 0.15) is 12.1 Å². The van der Waals surface area contributed by atoms with Gasteiger partial charge in [-0.25, -0.2) is 4.98 Å². The summed E-state index contributed by atoms with van der Waals surface area (Å²) in [7, 11) is 0. The highest BCUT2D eigenvalue weighted by atomic mass is 32.1. The van der Waals surface area contributed by atoms with E-state index in [-0.39, 0.29) is 0 Å². The molecule has 1 aromatic rings. The molecular weight excluding hydrogens is 162 g/mol. The van der Waals surface area contributed by atoms with Gasteiger partial charge < -0.3 is 0 Å². The molecule has 10 heavy (non-hydrogen) atoms. The van der Waals surface area contributed by atoms with E-state index in [2.05, 4.69) is 29.5 Å². The molecule has 0 radical (unpaired) electrons. The molecule has 52 valence electrons. The summed E-state index contributed by atoms with van der Waals surface area (Å²) in [4.78, 5) is 4.01. The minimum absolute atomic E-state index is 0.817. The van der Waals surface area contributed by atoms with E-state index in [1.807, 2.05) is 5.38 Å². The van der Waals surface area contributed by atoms with E-state index in [0.717, 1.165) is 17.9 Å². The summed E-state index contributed by atoms with van der Waals surface area (Å²) in [6.07, 6.45) is 0.834. The SMILES string of the molecule is SCCC#Cc1cscn1. The second-order valence-corrected chi connectivity index (χ2v) is 2.81. The first kappa shape index (κ1) is 7.64. The second kappa shape index (κ2) is 4.37. The highest BCUT2D eigenvalue weighted by Gasteiger charge is 1.83. The van der Waals surface area contributed by atoms with Crippen LogP contribution < -0.4 is 0 Å². The van der Waals surface area contributed by atoms with E-state index in [1.165, 1.54) is 0 Å². The summed E-state index contributed by atoms with van der Waals surface area (Å²) in [5.74, 6) is 6.70. The Hall–Kier alpha value is -0.460. The number of aromatic nitrogens is 1. The van der Waals surface area contributed by atoms with Crippen LogP contribution in [0.15, 0.2) is 10.9 Å². The lowest BCUT2D eigenvalue weighted by molar-refractivity contribution is 1.30. The molecule has 0 amide bonds. The maximum Gasteiger partial charge on any atom is 0.124 e. The molecule has 0 fully saturated rings. The number of thiol groups is 1. The van der Waals surface area contributed by atoms with Crippen LogP contribution in [-0.4, -0.2) is 10.7 Å². The summed E-state index contributed by atoms with van der Waals surface area (Å²) in [6.45, 7) is 0. The highest BCUT2D eigenvalue weighted by Crippen LogP contribution is 1.97. The van der Waals surface area contributed by atoms with E-state index in [0.29, 0.717) is 0 Å². The molecule has 1 nitrogen and oxygen atoms in total. The average molecular weight is 169 g/mol. The van der Waals surface area contributed by atoms with Gasteiger partial charge in [-0.1, -0.05) is 5.92 Å². The van der Waals surface area contributed by atoms with Crippen LogP contribution in [0.25, 0.3) is 0 Å². The number of hydrogen-bond acceptors (Lipinski definition) is 3. The van der Waals surface area contributed by atoms with Gasteiger partial charge in [0.2, 0.25) is 0 Å². The first-order valence-electron chi connectivity index (χ1n) is 2.91. The van der Waals surface area contributed by atoms with Crippen molar-refractivity contribution in [2.45, 2.75) is 6.42 Å². The minimum Gasteiger partial charge on any atom is -0.236 e. The number of rotatable bonds is 1. The molecule has 0 N–H and O–H groups in total. The van der Waals surface area contributed by atoms with E-state index >= 15 is 0 Å². The minimum atomic E-state index is 0.817. The predicted molar refractivity (Wildman–Crippen MR) is 47.5 cm³/mol. The quantitative estimate of drug-likeness (QED) is 0.500. The van der Waals surface area contributed by atoms with Gasteiger partial charge in [-0.05, 0) is 5.92 Å². The zero-order valence-corrected chi connectivity index (χ0v) is 7.08. The standard InChI is InChI=1S/C7H7NS2/c9-4-2-1-3-7-5-10-6-8-7/h5-6,9H,2,4H2. The molecule has 0 aliphatic heterocycles. The van der Waals surface area contributed by atoms with E-state index < -0.39 is 0 Å². The van der Waals surface area contributed by atoms with Gasteiger partial charge in [0.25, 0.3) is 0 Å². The Balaban J connectivity index is 2.49. The zero-order chi connectivity index (χ0) is 7.23. The molecule has 1 rings (SSSR count). The third-order valence-electron chi connectivity index (χ3n) is 0.886. The maximum absolute atomic E-state index is 4.03. The lowest BCUT2D eigenvalue weighted by atomic mass is 10.4. The van der Waals surface area contributed by atoms with Crippen molar-refractivity contribution in [3.8, 4) is 11.8 Å². The van der Waals surface area contributed by atoms with Gasteiger partial charge in [-0.3, -0.25) is 0 Å². The van der Waals surface area contributed by atoms with Crippen molar-refractivity contribution in [2.75, 3.05) is 5.75 Å². The Morgan fingerprint density at radius 1 is 1.70 bits per heavy atom. The smallest absolute Gasteiger partial charge is 0.124 e. The highest BCUT2D eigenvalue weighted by molar-refractivity contribution is 7.80. The van der Waals surface area contributed by atoms with Crippen molar-refractivity contribution in [3.63, 3.8) is 0 Å². The number of thiazole rings is 1. The largest absolute Gasteiger partial charge is 0.236 e. The number of hydrogen-bond donors (Lipinski definition) is 1. The normalized spacial score (nSPS) is 8.50. The molecule has 0 aliphatic rings. The molecule has 0 aromatic carbocycles. The molecule has 0 saturated heterocycles. The molecule has 3 heteroatoms. The van der Waals surface area contributed by atoms with Crippen LogP contribution >= 0.6 is 24.0 Å². The van der Waals surface area contributed by atoms with Gasteiger partial charge in [0.15, 0.2) is 0 Å². The van der Waals surface area contributed by atoms with Gasteiger partial charge in [0.05, 0.1) is 5.51 Å². The Kier molecular flexibility index (Phi) is 3.34. The van der Waals surface area contributed by atoms with Crippen molar-refractivity contribution < 1.29 is 0 Å². The van der Waals surface area contributed by atoms with Crippen LogP contribution in [0.2, 0.25) is 0 Å². The third kappa shape index (κ3) is 2.42. The summed E-state index contributed by atoms with van der Waals surface area (Å²) in [6, 6.07) is 0. The van der Waals surface area contributed by atoms with Crippen molar-refractivity contribution in [2.24, 2.45) is 0 Å². The summed E-state index contributed by atoms with van der Waals surface area (Å²) < 4.78 is 0. The lowest BCUT2D eigenvalue weighted by Gasteiger charge is -1.76. The zero-order valence-electron chi connectivity index (χ0n) is 5.37. The molecule has 0 saturated carbocycles. The molecule has 0 atom stereocenters. The summed E-state index contributed by atoms with van der Waals surface area (Å²) in [5, 5.41) is 1.94. The Morgan fingerprint density at radius 3 is 3.20 bits per heavy atom. The van der Waals surface area contributed by atoms with Crippen LogP contribution in [0, 0.1) is 11.8 Å². The molecule has 0 bridgehead atoms. The van der Waals surface area contributed by atoms with Gasteiger partial charge in [0.1, 0.15) is 5.69 Å². The third-order valence-corrected chi connectivity index (χ3v) is 1.70. The Bertz CT molecular complexity index is 230. The predicted octanol–water partition coefficient (Wildman–Crippen LogP) is 1.81. The first-order chi connectivity index (χ1) is 4.93. The monoisotopic (exact) mass is 169 g/mol. The van der Waals surface area contributed by atoms with Gasteiger partial charge in [-0.2, -0.15) is 12.6 Å².